The molecular formula is C11H11FN4O2. The van der Waals surface area contributed by atoms with E-state index in [9.17, 15) is 9.18 Å². The lowest BCUT2D eigenvalue weighted by Gasteiger charge is -2.22. The molecule has 0 aliphatic carbocycles. The van der Waals surface area contributed by atoms with Crippen molar-refractivity contribution in [2.75, 3.05) is 25.0 Å². The van der Waals surface area contributed by atoms with Crippen molar-refractivity contribution in [1.82, 2.24) is 10.3 Å². The van der Waals surface area contributed by atoms with Crippen LogP contribution in [0.2, 0.25) is 0 Å². The average molecular weight is 250 g/mol. The first-order chi connectivity index (χ1) is 8.70. The van der Waals surface area contributed by atoms with E-state index < -0.39 is 11.9 Å². The standard InChI is InChI=1S/C11H11FN4O2/c12-8-3-7(5-15-9(8)4-13)16-11(17)10-6-14-1-2-18-10/h3,5,10,14H,1-2,6H2,(H,16,17)/t10-/m1/s1. The van der Waals surface area contributed by atoms with Gasteiger partial charge in [-0.3, -0.25) is 4.79 Å². The van der Waals surface area contributed by atoms with Crippen molar-refractivity contribution in [3.63, 3.8) is 0 Å². The summed E-state index contributed by atoms with van der Waals surface area (Å²) in [5, 5.41) is 14.0. The molecule has 0 radical (unpaired) electrons. The molecule has 1 aromatic heterocycles. The molecule has 2 N–H and O–H groups in total. The largest absolute Gasteiger partial charge is 0.366 e. The molecule has 1 aromatic rings. The van der Waals surface area contributed by atoms with Crippen molar-refractivity contribution in [2.45, 2.75) is 6.10 Å². The van der Waals surface area contributed by atoms with E-state index in [2.05, 4.69) is 15.6 Å². The van der Waals surface area contributed by atoms with E-state index in [4.69, 9.17) is 10.00 Å². The molecule has 0 aromatic carbocycles. The van der Waals surface area contributed by atoms with Gasteiger partial charge in [0.15, 0.2) is 11.5 Å². The number of aromatic nitrogens is 1. The highest BCUT2D eigenvalue weighted by atomic mass is 19.1. The van der Waals surface area contributed by atoms with Crippen LogP contribution < -0.4 is 10.6 Å². The maximum absolute atomic E-state index is 13.3. The monoisotopic (exact) mass is 250 g/mol. The minimum atomic E-state index is -0.766. The molecule has 1 aliphatic rings. The second-order valence-corrected chi connectivity index (χ2v) is 3.72. The molecule has 1 amide bonds. The number of halogens is 1. The Labute approximate surface area is 103 Å². The SMILES string of the molecule is N#Cc1ncc(NC(=O)[C@H]2CNCCO2)cc1F. The summed E-state index contributed by atoms with van der Waals surface area (Å²) in [5.41, 5.74) is -0.103. The van der Waals surface area contributed by atoms with Crippen LogP contribution in [0.5, 0.6) is 0 Å². The first-order valence-electron chi connectivity index (χ1n) is 5.39. The Balaban J connectivity index is 2.02. The predicted molar refractivity (Wildman–Crippen MR) is 60.1 cm³/mol. The summed E-state index contributed by atoms with van der Waals surface area (Å²) >= 11 is 0. The molecule has 1 saturated heterocycles. The van der Waals surface area contributed by atoms with E-state index in [1.54, 1.807) is 6.07 Å². The number of pyridine rings is 1. The average Bonchev–Trinajstić information content (AvgIpc) is 2.40. The Bertz CT molecular complexity index is 494. The smallest absolute Gasteiger partial charge is 0.254 e. The minimum Gasteiger partial charge on any atom is -0.366 e. The molecule has 0 spiro atoms. The summed E-state index contributed by atoms with van der Waals surface area (Å²) in [4.78, 5) is 15.3. The molecule has 1 atom stereocenters. The van der Waals surface area contributed by atoms with Gasteiger partial charge < -0.3 is 15.4 Å². The number of anilines is 1. The summed E-state index contributed by atoms with van der Waals surface area (Å²) < 4.78 is 18.5. The molecule has 2 heterocycles. The molecule has 7 heteroatoms. The first kappa shape index (κ1) is 12.4. The van der Waals surface area contributed by atoms with Crippen LogP contribution in [-0.2, 0) is 9.53 Å². The van der Waals surface area contributed by atoms with Crippen molar-refractivity contribution in [2.24, 2.45) is 0 Å². The molecule has 0 unspecified atom stereocenters. The number of nitrogens with one attached hydrogen (secondary N) is 2. The maximum Gasteiger partial charge on any atom is 0.254 e. The van der Waals surface area contributed by atoms with Gasteiger partial charge in [-0.25, -0.2) is 9.37 Å². The zero-order valence-electron chi connectivity index (χ0n) is 9.44. The second-order valence-electron chi connectivity index (χ2n) is 3.72. The van der Waals surface area contributed by atoms with E-state index in [1.807, 2.05) is 0 Å². The number of carbonyl (C=O) groups excluding carboxylic acids is 1. The van der Waals surface area contributed by atoms with Crippen molar-refractivity contribution in [1.29, 1.82) is 5.26 Å². The van der Waals surface area contributed by atoms with Gasteiger partial charge in [0.05, 0.1) is 18.5 Å². The third kappa shape index (κ3) is 2.80. The van der Waals surface area contributed by atoms with Crippen LogP contribution >= 0.6 is 0 Å². The molecule has 0 bridgehead atoms. The number of nitriles is 1. The Kier molecular flexibility index (Phi) is 3.82. The predicted octanol–water partition coefficient (Wildman–Crippen LogP) is 0.0193. The number of ether oxygens (including phenoxy) is 1. The van der Waals surface area contributed by atoms with E-state index in [-0.39, 0.29) is 17.3 Å². The fourth-order valence-electron chi connectivity index (χ4n) is 1.55. The van der Waals surface area contributed by atoms with Crippen LogP contribution in [0, 0.1) is 17.1 Å². The lowest BCUT2D eigenvalue weighted by atomic mass is 10.2. The third-order valence-electron chi connectivity index (χ3n) is 2.43. The highest BCUT2D eigenvalue weighted by Crippen LogP contribution is 2.11. The number of rotatable bonds is 2. The van der Waals surface area contributed by atoms with E-state index in [0.717, 1.165) is 6.07 Å². The second kappa shape index (κ2) is 5.53. The van der Waals surface area contributed by atoms with Crippen molar-refractivity contribution in [3.05, 3.63) is 23.8 Å². The molecule has 0 saturated carbocycles. The van der Waals surface area contributed by atoms with Crippen LogP contribution in [0.1, 0.15) is 5.69 Å². The van der Waals surface area contributed by atoms with Crippen LogP contribution in [0.4, 0.5) is 10.1 Å². The van der Waals surface area contributed by atoms with Gasteiger partial charge in [0.2, 0.25) is 0 Å². The fourth-order valence-corrected chi connectivity index (χ4v) is 1.55. The number of hydrogen-bond donors (Lipinski definition) is 2. The molecule has 6 nitrogen and oxygen atoms in total. The molecule has 18 heavy (non-hydrogen) atoms. The molecule has 1 aliphatic heterocycles. The van der Waals surface area contributed by atoms with Gasteiger partial charge >= 0.3 is 0 Å². The zero-order chi connectivity index (χ0) is 13.0. The van der Waals surface area contributed by atoms with Crippen LogP contribution in [-0.4, -0.2) is 36.7 Å². The van der Waals surface area contributed by atoms with Crippen LogP contribution in [0.3, 0.4) is 0 Å². The number of amides is 1. The lowest BCUT2D eigenvalue weighted by molar-refractivity contribution is -0.128. The van der Waals surface area contributed by atoms with Crippen molar-refractivity contribution >= 4 is 11.6 Å². The van der Waals surface area contributed by atoms with Crippen LogP contribution in [0.25, 0.3) is 0 Å². The summed E-state index contributed by atoms with van der Waals surface area (Å²) in [6.45, 7) is 1.58. The third-order valence-corrected chi connectivity index (χ3v) is 2.43. The van der Waals surface area contributed by atoms with Crippen LogP contribution in [0.15, 0.2) is 12.3 Å². The summed E-state index contributed by atoms with van der Waals surface area (Å²) in [7, 11) is 0. The topological polar surface area (TPSA) is 87.0 Å². The summed E-state index contributed by atoms with van der Waals surface area (Å²) in [6.07, 6.45) is 0.632. The lowest BCUT2D eigenvalue weighted by Crippen LogP contribution is -2.45. The quantitative estimate of drug-likeness (QED) is 0.772. The van der Waals surface area contributed by atoms with E-state index in [0.29, 0.717) is 19.7 Å². The Morgan fingerprint density at radius 3 is 3.17 bits per heavy atom. The van der Waals surface area contributed by atoms with E-state index >= 15 is 0 Å². The number of carbonyl (C=O) groups is 1. The first-order valence-corrected chi connectivity index (χ1v) is 5.39. The Hall–Kier alpha value is -2.04. The number of hydrogen-bond acceptors (Lipinski definition) is 5. The number of morpholine rings is 1. The number of nitrogens with zero attached hydrogens (tertiary/aromatic N) is 2. The van der Waals surface area contributed by atoms with Gasteiger partial charge in [-0.1, -0.05) is 0 Å². The van der Waals surface area contributed by atoms with Gasteiger partial charge in [-0.2, -0.15) is 5.26 Å². The highest BCUT2D eigenvalue weighted by Gasteiger charge is 2.22. The van der Waals surface area contributed by atoms with Gasteiger partial charge in [-0.05, 0) is 0 Å². The van der Waals surface area contributed by atoms with Gasteiger partial charge in [0.1, 0.15) is 12.2 Å². The summed E-state index contributed by atoms with van der Waals surface area (Å²) in [6, 6.07) is 2.66. The molecule has 1 fully saturated rings. The molecular weight excluding hydrogens is 239 g/mol. The normalized spacial score (nSPS) is 19.0. The fraction of sp³-hybridized carbons (Fsp3) is 0.364. The zero-order valence-corrected chi connectivity index (χ0v) is 9.44. The van der Waals surface area contributed by atoms with Crippen molar-refractivity contribution in [3.8, 4) is 6.07 Å². The molecule has 2 rings (SSSR count). The summed E-state index contributed by atoms with van der Waals surface area (Å²) in [5.74, 6) is -1.13. The minimum absolute atomic E-state index is 0.200. The van der Waals surface area contributed by atoms with Gasteiger partial charge in [0.25, 0.3) is 5.91 Å². The van der Waals surface area contributed by atoms with Gasteiger partial charge in [-0.15, -0.1) is 0 Å². The maximum atomic E-state index is 13.3. The van der Waals surface area contributed by atoms with Crippen molar-refractivity contribution < 1.29 is 13.9 Å². The van der Waals surface area contributed by atoms with E-state index in [1.165, 1.54) is 6.20 Å². The Morgan fingerprint density at radius 1 is 1.72 bits per heavy atom. The van der Waals surface area contributed by atoms with Gasteiger partial charge in [0, 0.05) is 19.2 Å². The Morgan fingerprint density at radius 2 is 2.56 bits per heavy atom. The highest BCUT2D eigenvalue weighted by molar-refractivity contribution is 5.94. The molecule has 94 valence electrons.